The minimum absolute atomic E-state index is 0.235. The van der Waals surface area contributed by atoms with Crippen molar-refractivity contribution in [1.29, 1.82) is 0 Å². The van der Waals surface area contributed by atoms with E-state index in [1.54, 1.807) is 16.4 Å². The number of sulfonamides is 1. The summed E-state index contributed by atoms with van der Waals surface area (Å²) in [7, 11) is -3.27. The Balaban J connectivity index is 1.42. The highest BCUT2D eigenvalue weighted by molar-refractivity contribution is 7.89. The zero-order valence-electron chi connectivity index (χ0n) is 18.9. The van der Waals surface area contributed by atoms with Crippen LogP contribution in [0.4, 0.5) is 0 Å². The molecule has 2 atom stereocenters. The molecule has 0 aliphatic carbocycles. The highest BCUT2D eigenvalue weighted by Crippen LogP contribution is 2.31. The number of unbranched alkanes of at least 4 members (excludes halogenated alkanes) is 13. The number of aryl methyl sites for hydroxylation is 1. The van der Waals surface area contributed by atoms with Crippen molar-refractivity contribution >= 4 is 10.0 Å². The van der Waals surface area contributed by atoms with Gasteiger partial charge in [-0.15, -0.1) is 0 Å². The van der Waals surface area contributed by atoms with Gasteiger partial charge in [0.1, 0.15) is 0 Å². The lowest BCUT2D eigenvalue weighted by Gasteiger charge is -2.07. The molecule has 29 heavy (non-hydrogen) atoms. The predicted molar refractivity (Wildman–Crippen MR) is 124 cm³/mol. The minimum Gasteiger partial charge on any atom is -0.207 e. The second-order valence-electron chi connectivity index (χ2n) is 8.93. The molecule has 2 rings (SSSR count). The Morgan fingerprint density at radius 3 is 1.69 bits per heavy atom. The molecule has 1 saturated heterocycles. The lowest BCUT2D eigenvalue weighted by atomic mass is 10.0. The van der Waals surface area contributed by atoms with E-state index in [0.717, 1.165) is 18.4 Å². The number of nitrogens with zero attached hydrogens (tertiary/aromatic N) is 1. The molecule has 2 unspecified atom stereocenters. The van der Waals surface area contributed by atoms with Gasteiger partial charge in [-0.3, -0.25) is 0 Å². The molecule has 3 nitrogen and oxygen atoms in total. The Bertz CT molecular complexity index is 654. The highest BCUT2D eigenvalue weighted by atomic mass is 32.2. The van der Waals surface area contributed by atoms with E-state index in [4.69, 9.17) is 0 Å². The highest BCUT2D eigenvalue weighted by Gasteiger charge is 2.43. The van der Waals surface area contributed by atoms with Gasteiger partial charge in [-0.2, -0.15) is 4.31 Å². The summed E-state index contributed by atoms with van der Waals surface area (Å²) in [5.74, 6) is 0. The molecule has 0 aromatic heterocycles. The van der Waals surface area contributed by atoms with E-state index in [2.05, 4.69) is 6.92 Å². The number of benzene rings is 1. The standard InChI is InChI=1S/C25H43NO2S/c1-3-4-5-6-7-8-9-10-11-12-13-14-15-16-17-24-22-26(24)29(27,28)25-20-18-23(2)19-21-25/h18-21,24H,3-17,22H2,1-2H3. The van der Waals surface area contributed by atoms with Crippen LogP contribution < -0.4 is 0 Å². The smallest absolute Gasteiger partial charge is 0.207 e. The van der Waals surface area contributed by atoms with E-state index >= 15 is 0 Å². The molecule has 1 aromatic carbocycles. The Kier molecular flexibility index (Phi) is 11.3. The van der Waals surface area contributed by atoms with Crippen molar-refractivity contribution in [2.24, 2.45) is 0 Å². The van der Waals surface area contributed by atoms with E-state index in [1.165, 1.54) is 83.5 Å². The van der Waals surface area contributed by atoms with E-state index in [9.17, 15) is 8.42 Å². The molecule has 4 heteroatoms. The monoisotopic (exact) mass is 421 g/mol. The zero-order valence-corrected chi connectivity index (χ0v) is 19.7. The topological polar surface area (TPSA) is 37.1 Å². The van der Waals surface area contributed by atoms with E-state index in [0.29, 0.717) is 11.4 Å². The predicted octanol–water partition coefficient (Wildman–Crippen LogP) is 7.24. The van der Waals surface area contributed by atoms with Gasteiger partial charge in [-0.05, 0) is 25.5 Å². The van der Waals surface area contributed by atoms with Crippen molar-refractivity contribution in [1.82, 2.24) is 4.31 Å². The first-order valence-corrected chi connectivity index (χ1v) is 13.6. The first-order valence-electron chi connectivity index (χ1n) is 12.1. The van der Waals surface area contributed by atoms with Gasteiger partial charge < -0.3 is 0 Å². The van der Waals surface area contributed by atoms with Crippen LogP contribution in [0.5, 0.6) is 0 Å². The van der Waals surface area contributed by atoms with Crippen LogP contribution in [-0.2, 0) is 10.0 Å². The molecule has 1 aliphatic heterocycles. The molecule has 1 aromatic rings. The Morgan fingerprint density at radius 1 is 0.759 bits per heavy atom. The lowest BCUT2D eigenvalue weighted by molar-refractivity contribution is 0.521. The number of hydrogen-bond donors (Lipinski definition) is 0. The maximum absolute atomic E-state index is 12.6. The van der Waals surface area contributed by atoms with E-state index in [-0.39, 0.29) is 6.04 Å². The van der Waals surface area contributed by atoms with Crippen molar-refractivity contribution in [3.05, 3.63) is 29.8 Å². The van der Waals surface area contributed by atoms with Gasteiger partial charge in [0.05, 0.1) is 4.90 Å². The molecule has 1 fully saturated rings. The van der Waals surface area contributed by atoms with Crippen molar-refractivity contribution in [2.75, 3.05) is 6.54 Å². The summed E-state index contributed by atoms with van der Waals surface area (Å²) in [5, 5.41) is 0. The summed E-state index contributed by atoms with van der Waals surface area (Å²) in [6.45, 7) is 4.96. The lowest BCUT2D eigenvalue weighted by Crippen LogP contribution is -2.14. The first kappa shape index (κ1) is 24.4. The largest absolute Gasteiger partial charge is 0.243 e. The second kappa shape index (κ2) is 13.4. The first-order chi connectivity index (χ1) is 14.1. The summed E-state index contributed by atoms with van der Waals surface area (Å²) >= 11 is 0. The van der Waals surface area contributed by atoms with Crippen LogP contribution >= 0.6 is 0 Å². The Hall–Kier alpha value is -0.870. The molecule has 0 spiro atoms. The summed E-state index contributed by atoms with van der Waals surface area (Å²) in [6.07, 6.45) is 20.1. The third kappa shape index (κ3) is 9.21. The van der Waals surface area contributed by atoms with Crippen LogP contribution in [0.2, 0.25) is 0 Å². The van der Waals surface area contributed by atoms with Crippen LogP contribution in [0.15, 0.2) is 29.2 Å². The molecule has 1 aliphatic rings. The van der Waals surface area contributed by atoms with Crippen molar-refractivity contribution < 1.29 is 8.42 Å². The SMILES string of the molecule is CCCCCCCCCCCCCCCCC1CN1S(=O)(=O)c1ccc(C)cc1. The van der Waals surface area contributed by atoms with Crippen LogP contribution in [-0.4, -0.2) is 25.3 Å². The summed E-state index contributed by atoms with van der Waals surface area (Å²) in [6, 6.07) is 7.44. The quantitative estimate of drug-likeness (QED) is 0.196. The van der Waals surface area contributed by atoms with Gasteiger partial charge in [-0.25, -0.2) is 8.42 Å². The fourth-order valence-electron chi connectivity index (χ4n) is 4.11. The van der Waals surface area contributed by atoms with Gasteiger partial charge in [0.15, 0.2) is 0 Å². The maximum atomic E-state index is 12.6. The van der Waals surface area contributed by atoms with Crippen molar-refractivity contribution in [3.63, 3.8) is 0 Å². The molecule has 0 N–H and O–H groups in total. The van der Waals surface area contributed by atoms with Gasteiger partial charge >= 0.3 is 0 Å². The van der Waals surface area contributed by atoms with Gasteiger partial charge in [-0.1, -0.05) is 115 Å². The van der Waals surface area contributed by atoms with Crippen LogP contribution in [0.3, 0.4) is 0 Å². The number of rotatable bonds is 17. The summed E-state index contributed by atoms with van der Waals surface area (Å²) < 4.78 is 26.8. The Labute approximate surface area is 180 Å². The Morgan fingerprint density at radius 2 is 1.21 bits per heavy atom. The molecule has 166 valence electrons. The third-order valence-electron chi connectivity index (χ3n) is 6.18. The minimum atomic E-state index is -3.27. The molecule has 0 saturated carbocycles. The summed E-state index contributed by atoms with van der Waals surface area (Å²) in [4.78, 5) is 0.437. The summed E-state index contributed by atoms with van der Waals surface area (Å²) in [5.41, 5.74) is 1.09. The molecular formula is C25H43NO2S. The fourth-order valence-corrected chi connectivity index (χ4v) is 5.73. The average Bonchev–Trinajstić information content (AvgIpc) is 3.49. The third-order valence-corrected chi connectivity index (χ3v) is 8.12. The van der Waals surface area contributed by atoms with Gasteiger partial charge in [0.25, 0.3) is 0 Å². The number of hydrogen-bond acceptors (Lipinski definition) is 2. The van der Waals surface area contributed by atoms with E-state index in [1.807, 2.05) is 19.1 Å². The van der Waals surface area contributed by atoms with Gasteiger partial charge in [0.2, 0.25) is 10.0 Å². The second-order valence-corrected chi connectivity index (χ2v) is 10.8. The maximum Gasteiger partial charge on any atom is 0.243 e. The molecule has 0 radical (unpaired) electrons. The van der Waals surface area contributed by atoms with Crippen LogP contribution in [0.1, 0.15) is 109 Å². The molecular weight excluding hydrogens is 378 g/mol. The van der Waals surface area contributed by atoms with E-state index < -0.39 is 10.0 Å². The fraction of sp³-hybridized carbons (Fsp3) is 0.760. The van der Waals surface area contributed by atoms with Gasteiger partial charge in [0, 0.05) is 12.6 Å². The zero-order chi connectivity index (χ0) is 21.0. The average molecular weight is 422 g/mol. The van der Waals surface area contributed by atoms with Crippen molar-refractivity contribution in [3.8, 4) is 0 Å². The molecule has 0 amide bonds. The molecule has 0 bridgehead atoms. The normalized spacial score (nSPS) is 18.8. The van der Waals surface area contributed by atoms with Crippen LogP contribution in [0.25, 0.3) is 0 Å². The van der Waals surface area contributed by atoms with Crippen molar-refractivity contribution in [2.45, 2.75) is 121 Å². The van der Waals surface area contributed by atoms with Crippen LogP contribution in [0, 0.1) is 6.92 Å². The molecule has 1 heterocycles.